The largest absolute Gasteiger partial charge is 0.379 e. The van der Waals surface area contributed by atoms with E-state index in [0.29, 0.717) is 0 Å². The summed E-state index contributed by atoms with van der Waals surface area (Å²) in [7, 11) is 0. The fraction of sp³-hybridized carbons (Fsp3) is 0.429. The van der Waals surface area contributed by atoms with Crippen LogP contribution >= 0.6 is 0 Å². The van der Waals surface area contributed by atoms with E-state index in [4.69, 9.17) is 5.26 Å². The van der Waals surface area contributed by atoms with Crippen molar-refractivity contribution in [1.82, 2.24) is 5.32 Å². The lowest BCUT2D eigenvalue weighted by Gasteiger charge is -2.12. The van der Waals surface area contributed by atoms with Gasteiger partial charge in [-0.25, -0.2) is 0 Å². The fourth-order valence-corrected chi connectivity index (χ4v) is 1.73. The summed E-state index contributed by atoms with van der Waals surface area (Å²) in [5.41, 5.74) is -0.0215. The summed E-state index contributed by atoms with van der Waals surface area (Å²) in [6.07, 6.45) is 1.05. The van der Waals surface area contributed by atoms with Crippen molar-refractivity contribution in [2.75, 3.05) is 11.9 Å². The third kappa shape index (κ3) is 4.76. The highest BCUT2D eigenvalue weighted by Gasteiger charge is 2.19. The minimum atomic E-state index is -0.597. The van der Waals surface area contributed by atoms with Crippen molar-refractivity contribution in [3.8, 4) is 6.07 Å². The second kappa shape index (κ2) is 7.85. The summed E-state index contributed by atoms with van der Waals surface area (Å²) < 4.78 is 0. The Morgan fingerprint density at radius 2 is 2.24 bits per heavy atom. The first kappa shape index (κ1) is 16.4. The maximum absolute atomic E-state index is 11.6. The molecule has 0 bridgehead atoms. The van der Waals surface area contributed by atoms with Crippen molar-refractivity contribution in [3.05, 3.63) is 33.9 Å². The highest BCUT2D eigenvalue weighted by Crippen LogP contribution is 2.27. The fourth-order valence-electron chi connectivity index (χ4n) is 1.73. The molecule has 21 heavy (non-hydrogen) atoms. The predicted octanol–water partition coefficient (Wildman–Crippen LogP) is 2.18. The molecule has 112 valence electrons. The average Bonchev–Trinajstić information content (AvgIpc) is 2.46. The molecule has 0 aromatic heterocycles. The summed E-state index contributed by atoms with van der Waals surface area (Å²) in [4.78, 5) is 22.0. The Kier molecular flexibility index (Phi) is 6.14. The Labute approximate surface area is 123 Å². The van der Waals surface area contributed by atoms with Crippen molar-refractivity contribution < 1.29 is 9.72 Å². The van der Waals surface area contributed by atoms with Crippen LogP contribution in [0.25, 0.3) is 0 Å². The number of nitriles is 1. The molecule has 1 aromatic rings. The summed E-state index contributed by atoms with van der Waals surface area (Å²) in [6.45, 7) is 4.14. The van der Waals surface area contributed by atoms with Gasteiger partial charge in [-0.15, -0.1) is 0 Å². The number of rotatable bonds is 7. The van der Waals surface area contributed by atoms with Crippen LogP contribution in [0.2, 0.25) is 0 Å². The minimum absolute atomic E-state index is 0.00550. The van der Waals surface area contributed by atoms with Crippen LogP contribution in [0.1, 0.15) is 32.3 Å². The number of benzene rings is 1. The number of nitrogens with zero attached hydrogens (tertiary/aromatic N) is 2. The monoisotopic (exact) mass is 290 g/mol. The van der Waals surface area contributed by atoms with Gasteiger partial charge in [-0.1, -0.05) is 13.0 Å². The van der Waals surface area contributed by atoms with E-state index in [0.717, 1.165) is 6.42 Å². The molecule has 1 aromatic carbocycles. The molecule has 1 amide bonds. The first-order valence-corrected chi connectivity index (χ1v) is 6.70. The van der Waals surface area contributed by atoms with E-state index >= 15 is 0 Å². The topological polar surface area (TPSA) is 108 Å². The molecule has 1 rings (SSSR count). The van der Waals surface area contributed by atoms with Crippen LogP contribution < -0.4 is 10.6 Å². The predicted molar refractivity (Wildman–Crippen MR) is 78.8 cm³/mol. The van der Waals surface area contributed by atoms with Crippen molar-refractivity contribution in [1.29, 1.82) is 5.26 Å². The Bertz CT molecular complexity index is 566. The molecular weight excluding hydrogens is 272 g/mol. The van der Waals surface area contributed by atoms with E-state index in [1.165, 1.54) is 12.1 Å². The molecule has 1 unspecified atom stereocenters. The maximum Gasteiger partial charge on any atom is 0.309 e. The maximum atomic E-state index is 11.6. The van der Waals surface area contributed by atoms with Gasteiger partial charge in [0.25, 0.3) is 0 Å². The number of nitrogens with one attached hydrogen (secondary N) is 2. The molecule has 0 saturated heterocycles. The summed E-state index contributed by atoms with van der Waals surface area (Å²) in [5.74, 6) is -0.115. The van der Waals surface area contributed by atoms with Crippen molar-refractivity contribution in [3.63, 3.8) is 0 Å². The van der Waals surface area contributed by atoms with Gasteiger partial charge in [0.2, 0.25) is 5.91 Å². The highest BCUT2D eigenvalue weighted by atomic mass is 16.6. The third-order valence-electron chi connectivity index (χ3n) is 3.03. The van der Waals surface area contributed by atoms with Crippen LogP contribution in [0.3, 0.4) is 0 Å². The summed E-state index contributed by atoms with van der Waals surface area (Å²) in [6, 6.07) is 6.36. The molecule has 0 aliphatic rings. The first-order chi connectivity index (χ1) is 9.99. The average molecular weight is 290 g/mol. The lowest BCUT2D eigenvalue weighted by Crippen LogP contribution is -2.32. The van der Waals surface area contributed by atoms with Crippen LogP contribution in [0, 0.1) is 21.4 Å². The number of hydrogen-bond donors (Lipinski definition) is 2. The number of nitro benzene ring substituents is 1. The number of amides is 1. The number of carbonyl (C=O) groups excluding carboxylic acids is 1. The molecule has 7 nitrogen and oxygen atoms in total. The molecule has 1 atom stereocenters. The van der Waals surface area contributed by atoms with Crippen molar-refractivity contribution >= 4 is 17.3 Å². The standard InChI is InChI=1S/C14H18N4O3/c1-3-10(2)17-13(19)7-8-16-12-6-4-5-11(9-15)14(12)18(20)21/h4-6,10,16H,3,7-8H2,1-2H3,(H,17,19). The Hall–Kier alpha value is -2.62. The zero-order chi connectivity index (χ0) is 15.8. The SMILES string of the molecule is CCC(C)NC(=O)CCNc1cccc(C#N)c1[N+](=O)[O-]. The zero-order valence-corrected chi connectivity index (χ0v) is 12.0. The molecular formula is C14H18N4O3. The number of para-hydroxylation sites is 1. The number of nitro groups is 1. The van der Waals surface area contributed by atoms with Gasteiger partial charge >= 0.3 is 5.69 Å². The Morgan fingerprint density at radius 3 is 2.81 bits per heavy atom. The Balaban J connectivity index is 2.66. The van der Waals surface area contributed by atoms with Crippen LogP contribution in [0.4, 0.5) is 11.4 Å². The van der Waals surface area contributed by atoms with Gasteiger partial charge in [-0.05, 0) is 25.5 Å². The van der Waals surface area contributed by atoms with E-state index in [1.807, 2.05) is 13.8 Å². The van der Waals surface area contributed by atoms with Gasteiger partial charge in [-0.2, -0.15) is 5.26 Å². The molecule has 2 N–H and O–H groups in total. The van der Waals surface area contributed by atoms with Crippen molar-refractivity contribution in [2.45, 2.75) is 32.7 Å². The third-order valence-corrected chi connectivity index (χ3v) is 3.03. The van der Waals surface area contributed by atoms with Gasteiger partial charge in [0.1, 0.15) is 17.3 Å². The minimum Gasteiger partial charge on any atom is -0.379 e. The molecule has 0 spiro atoms. The number of anilines is 1. The molecule has 0 heterocycles. The molecule has 0 saturated carbocycles. The highest BCUT2D eigenvalue weighted by molar-refractivity contribution is 5.77. The molecule has 0 radical (unpaired) electrons. The smallest absolute Gasteiger partial charge is 0.309 e. The number of carbonyl (C=O) groups is 1. The second-order valence-corrected chi connectivity index (χ2v) is 4.62. The van der Waals surface area contributed by atoms with E-state index in [9.17, 15) is 14.9 Å². The van der Waals surface area contributed by atoms with Gasteiger partial charge < -0.3 is 10.6 Å². The van der Waals surface area contributed by atoms with Gasteiger partial charge in [0.15, 0.2) is 0 Å². The Morgan fingerprint density at radius 1 is 1.52 bits per heavy atom. The van der Waals surface area contributed by atoms with Crippen LogP contribution in [0.5, 0.6) is 0 Å². The first-order valence-electron chi connectivity index (χ1n) is 6.70. The van der Waals surface area contributed by atoms with Gasteiger partial charge in [-0.3, -0.25) is 14.9 Å². The molecule has 7 heteroatoms. The van der Waals surface area contributed by atoms with E-state index in [2.05, 4.69) is 10.6 Å². The lowest BCUT2D eigenvalue weighted by atomic mass is 10.1. The summed E-state index contributed by atoms with van der Waals surface area (Å²) in [5, 5.41) is 25.6. The van der Waals surface area contributed by atoms with Crippen LogP contribution in [-0.4, -0.2) is 23.4 Å². The second-order valence-electron chi connectivity index (χ2n) is 4.62. The van der Waals surface area contributed by atoms with Crippen LogP contribution in [0.15, 0.2) is 18.2 Å². The van der Waals surface area contributed by atoms with Crippen LogP contribution in [-0.2, 0) is 4.79 Å². The van der Waals surface area contributed by atoms with Crippen molar-refractivity contribution in [2.24, 2.45) is 0 Å². The molecule has 0 aliphatic heterocycles. The van der Waals surface area contributed by atoms with Gasteiger partial charge in [0.05, 0.1) is 4.92 Å². The summed E-state index contributed by atoms with van der Waals surface area (Å²) >= 11 is 0. The quantitative estimate of drug-likeness (QED) is 0.591. The molecule has 0 aliphatic carbocycles. The number of hydrogen-bond acceptors (Lipinski definition) is 5. The van der Waals surface area contributed by atoms with E-state index in [-0.39, 0.29) is 41.9 Å². The van der Waals surface area contributed by atoms with E-state index < -0.39 is 4.92 Å². The van der Waals surface area contributed by atoms with E-state index in [1.54, 1.807) is 12.1 Å². The normalized spacial score (nSPS) is 11.3. The lowest BCUT2D eigenvalue weighted by molar-refractivity contribution is -0.384. The zero-order valence-electron chi connectivity index (χ0n) is 12.0. The van der Waals surface area contributed by atoms with Gasteiger partial charge in [0, 0.05) is 19.0 Å². The molecule has 0 fully saturated rings.